The Morgan fingerprint density at radius 2 is 1.90 bits per heavy atom. The lowest BCUT2D eigenvalue weighted by Gasteiger charge is -2.15. The highest BCUT2D eigenvalue weighted by atomic mass is 79.9. The van der Waals surface area contributed by atoms with Gasteiger partial charge in [-0.1, -0.05) is 24.3 Å². The van der Waals surface area contributed by atoms with Gasteiger partial charge >= 0.3 is 0 Å². The molecule has 0 fully saturated rings. The minimum atomic E-state index is 0.240. The first-order chi connectivity index (χ1) is 9.61. The Kier molecular flexibility index (Phi) is 5.52. The topological polar surface area (TPSA) is 32.3 Å². The second-order valence-electron chi connectivity index (χ2n) is 4.62. The fourth-order valence-electron chi connectivity index (χ4n) is 1.98. The zero-order valence-corrected chi connectivity index (χ0v) is 14.0. The van der Waals surface area contributed by atoms with Gasteiger partial charge in [-0.2, -0.15) is 0 Å². The lowest BCUT2D eigenvalue weighted by molar-refractivity contribution is 0.457. The van der Waals surface area contributed by atoms with Crippen LogP contribution < -0.4 is 5.32 Å². The largest absolute Gasteiger partial charge is 0.506 e. The summed E-state index contributed by atoms with van der Waals surface area (Å²) in [4.78, 5) is 1.27. The highest BCUT2D eigenvalue weighted by Gasteiger charge is 2.08. The first-order valence-electron chi connectivity index (χ1n) is 6.45. The lowest BCUT2D eigenvalue weighted by atomic mass is 10.1. The smallest absolute Gasteiger partial charge is 0.134 e. The summed E-state index contributed by atoms with van der Waals surface area (Å²) in [7, 11) is 0. The average molecular weight is 352 g/mol. The van der Waals surface area contributed by atoms with Crippen LogP contribution in [0.25, 0.3) is 0 Å². The average Bonchev–Trinajstić information content (AvgIpc) is 2.48. The van der Waals surface area contributed by atoms with E-state index in [0.29, 0.717) is 12.3 Å². The molecule has 0 aromatic heterocycles. The summed E-state index contributed by atoms with van der Waals surface area (Å²) >= 11 is 5.08. The molecule has 1 unspecified atom stereocenters. The number of phenolic OH excluding ortho intramolecular Hbond substituents is 1. The standard InChI is InChI=1S/C16H18BrNOS/c1-11(12-6-8-14(20-2)9-7-12)18-10-13-4-3-5-15(17)16(13)19/h3-9,11,18-19H,10H2,1-2H3. The van der Waals surface area contributed by atoms with E-state index in [2.05, 4.69) is 58.7 Å². The van der Waals surface area contributed by atoms with Crippen LogP contribution in [0.3, 0.4) is 0 Å². The molecule has 0 amide bonds. The van der Waals surface area contributed by atoms with E-state index in [-0.39, 0.29) is 6.04 Å². The summed E-state index contributed by atoms with van der Waals surface area (Å²) in [5.41, 5.74) is 2.14. The fourth-order valence-corrected chi connectivity index (χ4v) is 2.79. The maximum Gasteiger partial charge on any atom is 0.134 e. The van der Waals surface area contributed by atoms with E-state index in [4.69, 9.17) is 0 Å². The van der Waals surface area contributed by atoms with E-state index >= 15 is 0 Å². The summed E-state index contributed by atoms with van der Waals surface area (Å²) in [5, 5.41) is 13.4. The first kappa shape index (κ1) is 15.4. The second-order valence-corrected chi connectivity index (χ2v) is 6.36. The predicted molar refractivity (Wildman–Crippen MR) is 89.3 cm³/mol. The fraction of sp³-hybridized carbons (Fsp3) is 0.250. The number of hydrogen-bond acceptors (Lipinski definition) is 3. The van der Waals surface area contributed by atoms with E-state index in [9.17, 15) is 5.11 Å². The van der Waals surface area contributed by atoms with Crippen LogP contribution in [0.15, 0.2) is 51.8 Å². The van der Waals surface area contributed by atoms with Crippen LogP contribution in [0.2, 0.25) is 0 Å². The van der Waals surface area contributed by atoms with E-state index < -0.39 is 0 Å². The molecule has 0 aliphatic heterocycles. The Balaban J connectivity index is 2.00. The number of rotatable bonds is 5. The van der Waals surface area contributed by atoms with Gasteiger partial charge in [-0.15, -0.1) is 11.8 Å². The number of halogens is 1. The van der Waals surface area contributed by atoms with Gasteiger partial charge in [-0.3, -0.25) is 0 Å². The van der Waals surface area contributed by atoms with Crippen molar-refractivity contribution in [2.45, 2.75) is 24.4 Å². The number of nitrogens with one attached hydrogen (secondary N) is 1. The number of para-hydroxylation sites is 1. The molecule has 0 bridgehead atoms. The molecule has 0 saturated carbocycles. The van der Waals surface area contributed by atoms with Crippen LogP contribution in [-0.2, 0) is 6.54 Å². The van der Waals surface area contributed by atoms with Crippen LogP contribution >= 0.6 is 27.7 Å². The number of thioether (sulfide) groups is 1. The molecule has 2 aromatic rings. The molecule has 2 aromatic carbocycles. The lowest BCUT2D eigenvalue weighted by Crippen LogP contribution is -2.18. The van der Waals surface area contributed by atoms with Crippen molar-refractivity contribution in [1.82, 2.24) is 5.32 Å². The van der Waals surface area contributed by atoms with Crippen molar-refractivity contribution in [1.29, 1.82) is 0 Å². The molecular formula is C16H18BrNOS. The molecule has 2 rings (SSSR count). The van der Waals surface area contributed by atoms with Crippen LogP contribution in [0.5, 0.6) is 5.75 Å². The van der Waals surface area contributed by atoms with Gasteiger partial charge in [0.2, 0.25) is 0 Å². The number of hydrogen-bond donors (Lipinski definition) is 2. The Labute approximate surface area is 132 Å². The zero-order chi connectivity index (χ0) is 14.5. The normalized spacial score (nSPS) is 12.3. The highest BCUT2D eigenvalue weighted by molar-refractivity contribution is 9.10. The van der Waals surface area contributed by atoms with Gasteiger partial charge < -0.3 is 10.4 Å². The molecule has 0 heterocycles. The highest BCUT2D eigenvalue weighted by Crippen LogP contribution is 2.28. The van der Waals surface area contributed by atoms with E-state index in [1.54, 1.807) is 11.8 Å². The van der Waals surface area contributed by atoms with E-state index in [1.807, 2.05) is 18.2 Å². The van der Waals surface area contributed by atoms with Gasteiger partial charge in [0.05, 0.1) is 4.47 Å². The predicted octanol–water partition coefficient (Wildman–Crippen LogP) is 4.73. The molecule has 0 spiro atoms. The monoisotopic (exact) mass is 351 g/mol. The van der Waals surface area contributed by atoms with Crippen molar-refractivity contribution in [3.8, 4) is 5.75 Å². The van der Waals surface area contributed by atoms with Crippen LogP contribution in [0.1, 0.15) is 24.1 Å². The molecule has 0 saturated heterocycles. The third kappa shape index (κ3) is 3.78. The van der Waals surface area contributed by atoms with Gasteiger partial charge in [0.15, 0.2) is 0 Å². The van der Waals surface area contributed by atoms with Gasteiger partial charge in [0, 0.05) is 23.0 Å². The van der Waals surface area contributed by atoms with Crippen molar-refractivity contribution < 1.29 is 5.11 Å². The van der Waals surface area contributed by atoms with Crippen molar-refractivity contribution in [2.75, 3.05) is 6.26 Å². The van der Waals surface area contributed by atoms with Gasteiger partial charge in [-0.05, 0) is 52.9 Å². The van der Waals surface area contributed by atoms with Crippen molar-refractivity contribution in [2.24, 2.45) is 0 Å². The summed E-state index contributed by atoms with van der Waals surface area (Å²) in [6, 6.07) is 14.5. The summed E-state index contributed by atoms with van der Waals surface area (Å²) in [5.74, 6) is 0.310. The third-order valence-electron chi connectivity index (χ3n) is 3.28. The molecule has 0 aliphatic rings. The molecular weight excluding hydrogens is 334 g/mol. The van der Waals surface area contributed by atoms with E-state index in [0.717, 1.165) is 10.0 Å². The van der Waals surface area contributed by atoms with Crippen molar-refractivity contribution >= 4 is 27.7 Å². The Bertz CT molecular complexity index is 571. The maximum absolute atomic E-state index is 9.96. The molecule has 20 heavy (non-hydrogen) atoms. The molecule has 4 heteroatoms. The Morgan fingerprint density at radius 1 is 1.20 bits per heavy atom. The molecule has 0 radical (unpaired) electrons. The van der Waals surface area contributed by atoms with Crippen LogP contribution in [0, 0.1) is 0 Å². The summed E-state index contributed by atoms with van der Waals surface area (Å²) in [6.45, 7) is 2.76. The van der Waals surface area contributed by atoms with Crippen molar-refractivity contribution in [3.63, 3.8) is 0 Å². The van der Waals surface area contributed by atoms with Crippen molar-refractivity contribution in [3.05, 3.63) is 58.1 Å². The molecule has 106 valence electrons. The van der Waals surface area contributed by atoms with E-state index in [1.165, 1.54) is 10.5 Å². The Morgan fingerprint density at radius 3 is 2.55 bits per heavy atom. The quantitative estimate of drug-likeness (QED) is 0.764. The summed E-state index contributed by atoms with van der Waals surface area (Å²) in [6.07, 6.45) is 2.08. The molecule has 2 N–H and O–H groups in total. The SMILES string of the molecule is CSc1ccc(C(C)NCc2cccc(Br)c2O)cc1. The second kappa shape index (κ2) is 7.16. The van der Waals surface area contributed by atoms with Gasteiger partial charge in [0.1, 0.15) is 5.75 Å². The van der Waals surface area contributed by atoms with Gasteiger partial charge in [-0.25, -0.2) is 0 Å². The third-order valence-corrected chi connectivity index (χ3v) is 4.67. The zero-order valence-electron chi connectivity index (χ0n) is 11.6. The number of phenols is 1. The minimum Gasteiger partial charge on any atom is -0.506 e. The molecule has 0 aliphatic carbocycles. The number of aromatic hydroxyl groups is 1. The summed E-state index contributed by atoms with van der Waals surface area (Å²) < 4.78 is 0.730. The van der Waals surface area contributed by atoms with Gasteiger partial charge in [0.25, 0.3) is 0 Å². The van der Waals surface area contributed by atoms with Crippen LogP contribution in [-0.4, -0.2) is 11.4 Å². The Hall–Kier alpha value is -0.970. The minimum absolute atomic E-state index is 0.240. The first-order valence-corrected chi connectivity index (χ1v) is 8.47. The molecule has 2 nitrogen and oxygen atoms in total. The molecule has 1 atom stereocenters. The number of benzene rings is 2. The van der Waals surface area contributed by atoms with Crippen LogP contribution in [0.4, 0.5) is 0 Å². The maximum atomic E-state index is 9.96.